The Morgan fingerprint density at radius 1 is 1.53 bits per heavy atom. The maximum Gasteiger partial charge on any atom is 0.287 e. The molecule has 0 aromatic carbocycles. The van der Waals surface area contributed by atoms with Crippen LogP contribution in [-0.4, -0.2) is 15.7 Å². The van der Waals surface area contributed by atoms with Crippen LogP contribution in [0.1, 0.15) is 22.0 Å². The van der Waals surface area contributed by atoms with E-state index in [9.17, 15) is 4.79 Å². The monoisotopic (exact) mass is 234 g/mol. The minimum absolute atomic E-state index is 0.265. The van der Waals surface area contributed by atoms with Crippen molar-refractivity contribution in [3.63, 3.8) is 0 Å². The van der Waals surface area contributed by atoms with Crippen molar-refractivity contribution in [1.29, 1.82) is 0 Å². The fourth-order valence-corrected chi connectivity index (χ4v) is 1.43. The number of aryl methyl sites for hydroxylation is 1. The van der Waals surface area contributed by atoms with Gasteiger partial charge in [0, 0.05) is 13.2 Å². The van der Waals surface area contributed by atoms with Gasteiger partial charge in [-0.2, -0.15) is 5.10 Å². The van der Waals surface area contributed by atoms with Crippen molar-refractivity contribution in [1.82, 2.24) is 15.1 Å². The highest BCUT2D eigenvalue weighted by Gasteiger charge is 2.10. The maximum atomic E-state index is 11.7. The lowest BCUT2D eigenvalue weighted by Gasteiger charge is -2.00. The zero-order chi connectivity index (χ0) is 12.3. The van der Waals surface area contributed by atoms with E-state index in [1.54, 1.807) is 16.8 Å². The van der Waals surface area contributed by atoms with Crippen molar-refractivity contribution in [2.45, 2.75) is 13.1 Å². The molecule has 1 amide bonds. The Labute approximate surface area is 98.4 Å². The molecule has 0 saturated heterocycles. The molecule has 2 heterocycles. The average molecular weight is 234 g/mol. The van der Waals surface area contributed by atoms with Gasteiger partial charge in [-0.15, -0.1) is 0 Å². The minimum atomic E-state index is -0.268. The molecule has 0 atom stereocenters. The summed E-state index contributed by atoms with van der Waals surface area (Å²) in [7, 11) is 1.82. The average Bonchev–Trinajstić information content (AvgIpc) is 2.94. The van der Waals surface area contributed by atoms with Crippen molar-refractivity contribution in [2.75, 3.05) is 0 Å². The van der Waals surface area contributed by atoms with Crippen LogP contribution < -0.4 is 11.1 Å². The molecule has 2 aromatic heterocycles. The van der Waals surface area contributed by atoms with Crippen LogP contribution in [0.15, 0.2) is 28.8 Å². The molecule has 6 nitrogen and oxygen atoms in total. The van der Waals surface area contributed by atoms with E-state index in [2.05, 4.69) is 10.4 Å². The van der Waals surface area contributed by atoms with E-state index >= 15 is 0 Å². The van der Waals surface area contributed by atoms with Crippen LogP contribution in [0.2, 0.25) is 0 Å². The molecular weight excluding hydrogens is 220 g/mol. The number of nitrogens with two attached hydrogens (primary N) is 1. The molecule has 17 heavy (non-hydrogen) atoms. The number of amides is 1. The lowest BCUT2D eigenvalue weighted by Crippen LogP contribution is -2.22. The van der Waals surface area contributed by atoms with Crippen molar-refractivity contribution in [2.24, 2.45) is 12.8 Å². The summed E-state index contributed by atoms with van der Waals surface area (Å²) in [4.78, 5) is 11.7. The molecule has 90 valence electrons. The third-order valence-electron chi connectivity index (χ3n) is 2.29. The first-order valence-electron chi connectivity index (χ1n) is 5.24. The second-order valence-corrected chi connectivity index (χ2v) is 3.63. The Bertz CT molecular complexity index is 515. The molecular formula is C11H14N4O2. The molecule has 0 spiro atoms. The molecule has 0 aliphatic carbocycles. The smallest absolute Gasteiger partial charge is 0.287 e. The number of rotatable bonds is 4. The third-order valence-corrected chi connectivity index (χ3v) is 2.29. The van der Waals surface area contributed by atoms with E-state index in [4.69, 9.17) is 10.2 Å². The van der Waals surface area contributed by atoms with Gasteiger partial charge >= 0.3 is 0 Å². The van der Waals surface area contributed by atoms with E-state index in [0.29, 0.717) is 12.3 Å². The van der Waals surface area contributed by atoms with Gasteiger partial charge in [-0.05, 0) is 18.2 Å². The van der Waals surface area contributed by atoms with Gasteiger partial charge in [-0.25, -0.2) is 0 Å². The number of carbonyl (C=O) groups excluding carboxylic acids is 1. The second-order valence-electron chi connectivity index (χ2n) is 3.63. The summed E-state index contributed by atoms with van der Waals surface area (Å²) in [6.45, 7) is 0.659. The number of hydrogen-bond donors (Lipinski definition) is 2. The van der Waals surface area contributed by atoms with E-state index in [1.165, 1.54) is 0 Å². The van der Waals surface area contributed by atoms with Gasteiger partial charge in [-0.3, -0.25) is 9.48 Å². The molecule has 6 heteroatoms. The molecule has 2 aromatic rings. The zero-order valence-electron chi connectivity index (χ0n) is 9.51. The number of nitrogens with one attached hydrogen (secondary N) is 1. The second kappa shape index (κ2) is 4.84. The number of hydrogen-bond acceptors (Lipinski definition) is 4. The third kappa shape index (κ3) is 2.73. The Morgan fingerprint density at radius 2 is 2.35 bits per heavy atom. The first-order valence-corrected chi connectivity index (χ1v) is 5.24. The Morgan fingerprint density at radius 3 is 2.94 bits per heavy atom. The van der Waals surface area contributed by atoms with Gasteiger partial charge in [0.05, 0.1) is 18.8 Å². The van der Waals surface area contributed by atoms with Crippen LogP contribution >= 0.6 is 0 Å². The fraction of sp³-hybridized carbons (Fsp3) is 0.273. The number of aromatic nitrogens is 2. The lowest BCUT2D eigenvalue weighted by molar-refractivity contribution is 0.0921. The molecule has 0 radical (unpaired) electrons. The van der Waals surface area contributed by atoms with Crippen LogP contribution in [0.3, 0.4) is 0 Å². The molecule has 3 N–H and O–H groups in total. The normalized spacial score (nSPS) is 10.5. The summed E-state index contributed by atoms with van der Waals surface area (Å²) in [5.41, 5.74) is 6.19. The van der Waals surface area contributed by atoms with Gasteiger partial charge in [0.2, 0.25) is 0 Å². The van der Waals surface area contributed by atoms with Gasteiger partial charge in [0.15, 0.2) is 5.76 Å². The van der Waals surface area contributed by atoms with E-state index < -0.39 is 0 Å². The Kier molecular flexibility index (Phi) is 3.24. The van der Waals surface area contributed by atoms with Crippen LogP contribution in [0.4, 0.5) is 0 Å². The Balaban J connectivity index is 1.93. The summed E-state index contributed by atoms with van der Waals surface area (Å²) in [6.07, 6.45) is 1.82. The molecule has 0 aliphatic rings. The predicted molar refractivity (Wildman–Crippen MR) is 61.0 cm³/mol. The Hall–Kier alpha value is -2.08. The number of furan rings is 1. The van der Waals surface area contributed by atoms with Gasteiger partial charge in [0.25, 0.3) is 5.91 Å². The summed E-state index contributed by atoms with van der Waals surface area (Å²) in [5, 5.41) is 6.87. The predicted octanol–water partition coefficient (Wildman–Crippen LogP) is 0.402. The first-order chi connectivity index (χ1) is 8.19. The number of carbonyl (C=O) groups is 1. The van der Waals surface area contributed by atoms with Crippen molar-refractivity contribution >= 4 is 5.91 Å². The molecule has 2 rings (SSSR count). The van der Waals surface area contributed by atoms with Gasteiger partial charge in [0.1, 0.15) is 5.76 Å². The summed E-state index contributed by atoms with van der Waals surface area (Å²) in [5.74, 6) is 0.588. The highest BCUT2D eigenvalue weighted by molar-refractivity contribution is 5.91. The van der Waals surface area contributed by atoms with E-state index in [-0.39, 0.29) is 18.2 Å². The largest absolute Gasteiger partial charge is 0.455 e. The first kappa shape index (κ1) is 11.4. The van der Waals surface area contributed by atoms with Crippen LogP contribution in [0, 0.1) is 0 Å². The number of nitrogens with zero attached hydrogens (tertiary/aromatic N) is 2. The molecule has 0 saturated carbocycles. The standard InChI is InChI=1S/C11H14N4O2/c1-15-5-4-8(14-15)7-13-11(16)10-3-2-9(6-12)17-10/h2-5H,6-7,12H2,1H3,(H,13,16). The van der Waals surface area contributed by atoms with Crippen LogP contribution in [0.25, 0.3) is 0 Å². The quantitative estimate of drug-likeness (QED) is 0.801. The van der Waals surface area contributed by atoms with Gasteiger partial charge in [-0.1, -0.05) is 0 Å². The molecule has 0 bridgehead atoms. The van der Waals surface area contributed by atoms with Crippen LogP contribution in [0.5, 0.6) is 0 Å². The molecule has 0 fully saturated rings. The van der Waals surface area contributed by atoms with Crippen LogP contribution in [-0.2, 0) is 20.1 Å². The minimum Gasteiger partial charge on any atom is -0.455 e. The summed E-state index contributed by atoms with van der Waals surface area (Å²) in [6, 6.07) is 5.14. The molecule has 0 unspecified atom stereocenters. The van der Waals surface area contributed by atoms with E-state index in [1.807, 2.05) is 19.3 Å². The lowest BCUT2D eigenvalue weighted by atomic mass is 10.4. The van der Waals surface area contributed by atoms with E-state index in [0.717, 1.165) is 5.69 Å². The topological polar surface area (TPSA) is 86.1 Å². The zero-order valence-corrected chi connectivity index (χ0v) is 9.51. The fourth-order valence-electron chi connectivity index (χ4n) is 1.43. The van der Waals surface area contributed by atoms with Gasteiger partial charge < -0.3 is 15.5 Å². The van der Waals surface area contributed by atoms with Crippen molar-refractivity contribution in [3.05, 3.63) is 41.6 Å². The maximum absolute atomic E-state index is 11.7. The summed E-state index contributed by atoms with van der Waals surface area (Å²) < 4.78 is 6.91. The SMILES string of the molecule is Cn1ccc(CNC(=O)c2ccc(CN)o2)n1. The highest BCUT2D eigenvalue weighted by atomic mass is 16.4. The van der Waals surface area contributed by atoms with Crippen molar-refractivity contribution in [3.8, 4) is 0 Å². The molecule has 0 aliphatic heterocycles. The highest BCUT2D eigenvalue weighted by Crippen LogP contribution is 2.07. The van der Waals surface area contributed by atoms with Crippen molar-refractivity contribution < 1.29 is 9.21 Å². The summed E-state index contributed by atoms with van der Waals surface area (Å²) >= 11 is 0.